The van der Waals surface area contributed by atoms with Crippen molar-refractivity contribution in [3.63, 3.8) is 0 Å². The van der Waals surface area contributed by atoms with E-state index in [9.17, 15) is 4.39 Å². The molecule has 3 N–H and O–H groups in total. The first-order chi connectivity index (χ1) is 8.74. The summed E-state index contributed by atoms with van der Waals surface area (Å²) in [4.78, 5) is 0. The van der Waals surface area contributed by atoms with Crippen LogP contribution in [0.4, 0.5) is 4.39 Å². The van der Waals surface area contributed by atoms with Crippen LogP contribution in [0.1, 0.15) is 29.7 Å². The van der Waals surface area contributed by atoms with Crippen molar-refractivity contribution in [1.29, 1.82) is 0 Å². The average Bonchev–Trinajstić information content (AvgIpc) is 2.40. The predicted molar refractivity (Wildman–Crippen MR) is 71.4 cm³/mol. The van der Waals surface area contributed by atoms with Gasteiger partial charge in [-0.1, -0.05) is 43.3 Å². The van der Waals surface area contributed by atoms with E-state index in [4.69, 9.17) is 5.84 Å². The van der Waals surface area contributed by atoms with Crippen LogP contribution < -0.4 is 11.3 Å². The van der Waals surface area contributed by atoms with Crippen LogP contribution in [0, 0.1) is 5.82 Å². The molecular formula is C15H17FN2. The largest absolute Gasteiger partial charge is 0.271 e. The van der Waals surface area contributed by atoms with E-state index in [1.54, 1.807) is 6.07 Å². The van der Waals surface area contributed by atoms with Gasteiger partial charge in [-0.05, 0) is 35.2 Å². The summed E-state index contributed by atoms with van der Waals surface area (Å²) < 4.78 is 13.3. The van der Waals surface area contributed by atoms with Crippen molar-refractivity contribution < 1.29 is 4.39 Å². The molecule has 0 aromatic heterocycles. The van der Waals surface area contributed by atoms with Crippen molar-refractivity contribution in [1.82, 2.24) is 5.43 Å². The van der Waals surface area contributed by atoms with E-state index in [0.29, 0.717) is 0 Å². The second-order valence-corrected chi connectivity index (χ2v) is 4.25. The van der Waals surface area contributed by atoms with E-state index in [1.165, 1.54) is 17.7 Å². The molecule has 0 bridgehead atoms. The zero-order valence-electron chi connectivity index (χ0n) is 10.4. The van der Waals surface area contributed by atoms with Crippen LogP contribution in [-0.2, 0) is 6.42 Å². The lowest BCUT2D eigenvalue weighted by Gasteiger charge is -2.17. The van der Waals surface area contributed by atoms with E-state index in [0.717, 1.165) is 17.5 Å². The minimum Gasteiger partial charge on any atom is -0.271 e. The Morgan fingerprint density at radius 3 is 2.39 bits per heavy atom. The molecule has 1 atom stereocenters. The molecular weight excluding hydrogens is 227 g/mol. The molecule has 18 heavy (non-hydrogen) atoms. The second-order valence-electron chi connectivity index (χ2n) is 4.25. The topological polar surface area (TPSA) is 38.0 Å². The average molecular weight is 244 g/mol. The molecule has 0 spiro atoms. The summed E-state index contributed by atoms with van der Waals surface area (Å²) in [6.45, 7) is 2.10. The third kappa shape index (κ3) is 2.75. The van der Waals surface area contributed by atoms with Crippen molar-refractivity contribution >= 4 is 0 Å². The molecule has 0 aliphatic heterocycles. The maximum absolute atomic E-state index is 13.3. The van der Waals surface area contributed by atoms with Gasteiger partial charge in [0, 0.05) is 0 Å². The maximum atomic E-state index is 13.3. The first-order valence-electron chi connectivity index (χ1n) is 6.05. The molecule has 1 unspecified atom stereocenters. The Morgan fingerprint density at radius 1 is 1.11 bits per heavy atom. The third-order valence-corrected chi connectivity index (χ3v) is 3.04. The van der Waals surface area contributed by atoms with Crippen LogP contribution in [-0.4, -0.2) is 0 Å². The smallest absolute Gasteiger partial charge is 0.123 e. The SMILES string of the molecule is CCc1cccc(C(NN)c2cccc(F)c2)c1. The number of rotatable bonds is 4. The van der Waals surface area contributed by atoms with Crippen molar-refractivity contribution in [2.24, 2.45) is 5.84 Å². The maximum Gasteiger partial charge on any atom is 0.123 e. The van der Waals surface area contributed by atoms with E-state index in [1.807, 2.05) is 18.2 Å². The number of aryl methyl sites for hydroxylation is 1. The van der Waals surface area contributed by atoms with Crippen LogP contribution in [0.2, 0.25) is 0 Å². The highest BCUT2D eigenvalue weighted by atomic mass is 19.1. The minimum atomic E-state index is -0.251. The Bertz CT molecular complexity index is 525. The molecule has 0 aliphatic carbocycles. The number of nitrogens with one attached hydrogen (secondary N) is 1. The standard InChI is InChI=1S/C15H17FN2/c1-2-11-5-3-6-12(9-11)15(18-17)13-7-4-8-14(16)10-13/h3-10,15,18H,2,17H2,1H3. The summed E-state index contributed by atoms with van der Waals surface area (Å²) in [6.07, 6.45) is 0.967. The molecule has 0 radical (unpaired) electrons. The van der Waals surface area contributed by atoms with Crippen LogP contribution >= 0.6 is 0 Å². The summed E-state index contributed by atoms with van der Waals surface area (Å²) in [5.41, 5.74) is 5.86. The Morgan fingerprint density at radius 2 is 1.78 bits per heavy atom. The number of nitrogens with two attached hydrogens (primary N) is 1. The van der Waals surface area contributed by atoms with Gasteiger partial charge in [0.25, 0.3) is 0 Å². The number of benzene rings is 2. The Hall–Kier alpha value is -1.71. The van der Waals surface area contributed by atoms with Gasteiger partial charge in [0.2, 0.25) is 0 Å². The Balaban J connectivity index is 2.38. The molecule has 0 heterocycles. The Labute approximate surface area is 107 Å². The van der Waals surface area contributed by atoms with E-state index < -0.39 is 0 Å². The molecule has 2 aromatic rings. The van der Waals surface area contributed by atoms with Gasteiger partial charge < -0.3 is 0 Å². The fraction of sp³-hybridized carbons (Fsp3) is 0.200. The van der Waals surface area contributed by atoms with Gasteiger partial charge in [0.15, 0.2) is 0 Å². The molecule has 0 amide bonds. The number of halogens is 1. The third-order valence-electron chi connectivity index (χ3n) is 3.04. The molecule has 3 heteroatoms. The summed E-state index contributed by atoms with van der Waals surface area (Å²) in [7, 11) is 0. The van der Waals surface area contributed by atoms with Gasteiger partial charge in [-0.15, -0.1) is 0 Å². The van der Waals surface area contributed by atoms with Crippen LogP contribution in [0.15, 0.2) is 48.5 Å². The van der Waals surface area contributed by atoms with E-state index in [2.05, 4.69) is 24.5 Å². The monoisotopic (exact) mass is 244 g/mol. The second kappa shape index (κ2) is 5.76. The van der Waals surface area contributed by atoms with Crippen molar-refractivity contribution in [2.75, 3.05) is 0 Å². The highest BCUT2D eigenvalue weighted by Gasteiger charge is 2.12. The normalized spacial score (nSPS) is 12.4. The molecule has 2 nitrogen and oxygen atoms in total. The van der Waals surface area contributed by atoms with Crippen molar-refractivity contribution in [2.45, 2.75) is 19.4 Å². The van der Waals surface area contributed by atoms with Crippen LogP contribution in [0.5, 0.6) is 0 Å². The highest BCUT2D eigenvalue weighted by Crippen LogP contribution is 2.22. The highest BCUT2D eigenvalue weighted by molar-refractivity contribution is 5.34. The molecule has 0 saturated carbocycles. The molecule has 0 fully saturated rings. The number of hydrogen-bond donors (Lipinski definition) is 2. The van der Waals surface area contributed by atoms with Crippen molar-refractivity contribution in [3.8, 4) is 0 Å². The van der Waals surface area contributed by atoms with Crippen LogP contribution in [0.25, 0.3) is 0 Å². The summed E-state index contributed by atoms with van der Waals surface area (Å²) in [5, 5.41) is 0. The van der Waals surface area contributed by atoms with Crippen molar-refractivity contribution in [3.05, 3.63) is 71.0 Å². The molecule has 2 aromatic carbocycles. The summed E-state index contributed by atoms with van der Waals surface area (Å²) in [6, 6.07) is 14.5. The van der Waals surface area contributed by atoms with Crippen LogP contribution in [0.3, 0.4) is 0 Å². The van der Waals surface area contributed by atoms with Gasteiger partial charge in [-0.3, -0.25) is 5.84 Å². The van der Waals surface area contributed by atoms with E-state index in [-0.39, 0.29) is 11.9 Å². The molecule has 0 aliphatic rings. The quantitative estimate of drug-likeness (QED) is 0.641. The van der Waals surface area contributed by atoms with E-state index >= 15 is 0 Å². The van der Waals surface area contributed by atoms with Gasteiger partial charge in [-0.25, -0.2) is 9.82 Å². The van der Waals surface area contributed by atoms with Gasteiger partial charge in [0.1, 0.15) is 5.82 Å². The minimum absolute atomic E-state index is 0.188. The first kappa shape index (κ1) is 12.7. The fourth-order valence-corrected chi connectivity index (χ4v) is 2.06. The lowest BCUT2D eigenvalue weighted by molar-refractivity contribution is 0.605. The lowest BCUT2D eigenvalue weighted by atomic mass is 9.97. The summed E-state index contributed by atoms with van der Waals surface area (Å²) in [5.74, 6) is 5.36. The molecule has 94 valence electrons. The fourth-order valence-electron chi connectivity index (χ4n) is 2.06. The zero-order valence-corrected chi connectivity index (χ0v) is 10.4. The summed E-state index contributed by atoms with van der Waals surface area (Å²) >= 11 is 0. The van der Waals surface area contributed by atoms with Gasteiger partial charge in [0.05, 0.1) is 6.04 Å². The van der Waals surface area contributed by atoms with Gasteiger partial charge >= 0.3 is 0 Å². The number of hydrazine groups is 1. The zero-order chi connectivity index (χ0) is 13.0. The van der Waals surface area contributed by atoms with Gasteiger partial charge in [-0.2, -0.15) is 0 Å². The first-order valence-corrected chi connectivity index (χ1v) is 6.05. The molecule has 0 saturated heterocycles. The Kier molecular flexibility index (Phi) is 4.07. The lowest BCUT2D eigenvalue weighted by Crippen LogP contribution is -2.28. The number of hydrogen-bond acceptors (Lipinski definition) is 2. The predicted octanol–water partition coefficient (Wildman–Crippen LogP) is 2.94. The molecule has 2 rings (SSSR count).